The summed E-state index contributed by atoms with van der Waals surface area (Å²) in [6.45, 7) is 6.00. The largest absolute Gasteiger partial charge is 0.398 e. The van der Waals surface area contributed by atoms with E-state index in [2.05, 4.69) is 17.3 Å². The summed E-state index contributed by atoms with van der Waals surface area (Å²) in [5, 5.41) is 3.12. The molecule has 0 bridgehead atoms. The molecule has 0 aromatic heterocycles. The molecule has 1 aliphatic heterocycles. The second-order valence-corrected chi connectivity index (χ2v) is 5.57. The van der Waals surface area contributed by atoms with Crippen LogP contribution in [0.2, 0.25) is 0 Å². The van der Waals surface area contributed by atoms with E-state index >= 15 is 0 Å². The highest BCUT2D eigenvalue weighted by Gasteiger charge is 2.20. The second kappa shape index (κ2) is 5.61. The van der Waals surface area contributed by atoms with Gasteiger partial charge in [0.15, 0.2) is 0 Å². The van der Waals surface area contributed by atoms with Gasteiger partial charge >= 0.3 is 0 Å². The van der Waals surface area contributed by atoms with Gasteiger partial charge in [0, 0.05) is 17.3 Å². The number of piperidine rings is 1. The molecule has 1 saturated heterocycles. The Bertz CT molecular complexity index is 477. The van der Waals surface area contributed by atoms with E-state index in [0.29, 0.717) is 11.3 Å². The smallest absolute Gasteiger partial charge is 0.251 e. The standard InChI is InChI=1S/C15H23N3O/c1-10-8-11(2)14(16)9-13(10)15(19)17-12-4-6-18(3)7-5-12/h8-9,12H,4-7,16H2,1-3H3,(H,17,19). The number of nitrogens with zero attached hydrogens (tertiary/aromatic N) is 1. The normalized spacial score (nSPS) is 17.4. The fraction of sp³-hybridized carbons (Fsp3) is 0.533. The number of nitrogens with two attached hydrogens (primary N) is 1. The van der Waals surface area contributed by atoms with Crippen LogP contribution < -0.4 is 11.1 Å². The molecule has 1 aliphatic rings. The quantitative estimate of drug-likeness (QED) is 0.797. The van der Waals surface area contributed by atoms with Crippen LogP contribution in [-0.4, -0.2) is 37.0 Å². The van der Waals surface area contributed by atoms with Gasteiger partial charge in [-0.2, -0.15) is 0 Å². The average molecular weight is 261 g/mol. The van der Waals surface area contributed by atoms with Crippen LogP contribution >= 0.6 is 0 Å². The number of likely N-dealkylation sites (tertiary alicyclic amines) is 1. The Labute approximate surface area is 115 Å². The molecule has 0 radical (unpaired) electrons. The first-order valence-corrected chi connectivity index (χ1v) is 6.83. The summed E-state index contributed by atoms with van der Waals surface area (Å²) in [5.41, 5.74) is 9.27. The summed E-state index contributed by atoms with van der Waals surface area (Å²) < 4.78 is 0. The molecule has 0 aliphatic carbocycles. The van der Waals surface area contributed by atoms with Crippen molar-refractivity contribution in [3.05, 3.63) is 28.8 Å². The van der Waals surface area contributed by atoms with Gasteiger partial charge in [0.25, 0.3) is 5.91 Å². The van der Waals surface area contributed by atoms with E-state index in [-0.39, 0.29) is 11.9 Å². The Hall–Kier alpha value is -1.55. The number of amides is 1. The minimum absolute atomic E-state index is 0.00115. The number of aryl methyl sites for hydroxylation is 2. The van der Waals surface area contributed by atoms with E-state index in [4.69, 9.17) is 5.73 Å². The molecule has 1 aromatic rings. The second-order valence-electron chi connectivity index (χ2n) is 5.57. The molecule has 4 nitrogen and oxygen atoms in total. The van der Waals surface area contributed by atoms with Gasteiger partial charge in [-0.15, -0.1) is 0 Å². The minimum atomic E-state index is -0.00115. The van der Waals surface area contributed by atoms with Crippen molar-refractivity contribution in [2.45, 2.75) is 32.7 Å². The van der Waals surface area contributed by atoms with Crippen LogP contribution in [0.3, 0.4) is 0 Å². The van der Waals surface area contributed by atoms with Crippen molar-refractivity contribution in [3.63, 3.8) is 0 Å². The van der Waals surface area contributed by atoms with Crippen molar-refractivity contribution in [2.24, 2.45) is 0 Å². The lowest BCUT2D eigenvalue weighted by Crippen LogP contribution is -2.43. The van der Waals surface area contributed by atoms with Crippen LogP contribution in [0.1, 0.15) is 34.3 Å². The highest BCUT2D eigenvalue weighted by atomic mass is 16.1. The number of hydrogen-bond acceptors (Lipinski definition) is 3. The molecule has 1 fully saturated rings. The summed E-state index contributed by atoms with van der Waals surface area (Å²) in [7, 11) is 2.11. The average Bonchev–Trinajstić information content (AvgIpc) is 2.36. The Morgan fingerprint density at radius 1 is 1.26 bits per heavy atom. The SMILES string of the molecule is Cc1cc(C)c(C(=O)NC2CCN(C)CC2)cc1N. The summed E-state index contributed by atoms with van der Waals surface area (Å²) in [4.78, 5) is 14.6. The molecule has 0 saturated carbocycles. The summed E-state index contributed by atoms with van der Waals surface area (Å²) in [6.07, 6.45) is 2.03. The highest BCUT2D eigenvalue weighted by Crippen LogP contribution is 2.18. The number of benzene rings is 1. The summed E-state index contributed by atoms with van der Waals surface area (Å²) in [5.74, 6) is -0.00115. The van der Waals surface area contributed by atoms with Crippen molar-refractivity contribution in [2.75, 3.05) is 25.9 Å². The summed E-state index contributed by atoms with van der Waals surface area (Å²) >= 11 is 0. The van der Waals surface area contributed by atoms with Gasteiger partial charge < -0.3 is 16.0 Å². The maximum absolute atomic E-state index is 12.3. The molecule has 104 valence electrons. The molecule has 4 heteroatoms. The van der Waals surface area contributed by atoms with E-state index < -0.39 is 0 Å². The van der Waals surface area contributed by atoms with Gasteiger partial charge in [-0.25, -0.2) is 0 Å². The third-order valence-electron chi connectivity index (χ3n) is 3.91. The maximum atomic E-state index is 12.3. The third kappa shape index (κ3) is 3.26. The Morgan fingerprint density at radius 3 is 2.53 bits per heavy atom. The number of hydrogen-bond donors (Lipinski definition) is 2. The molecular formula is C15H23N3O. The molecule has 3 N–H and O–H groups in total. The van der Waals surface area contributed by atoms with E-state index in [1.54, 1.807) is 6.07 Å². The van der Waals surface area contributed by atoms with Gasteiger partial charge in [0.1, 0.15) is 0 Å². The molecule has 0 atom stereocenters. The topological polar surface area (TPSA) is 58.4 Å². The van der Waals surface area contributed by atoms with E-state index in [1.807, 2.05) is 19.9 Å². The molecule has 1 heterocycles. The number of anilines is 1. The predicted molar refractivity (Wildman–Crippen MR) is 78.3 cm³/mol. The molecule has 19 heavy (non-hydrogen) atoms. The molecule has 2 rings (SSSR count). The van der Waals surface area contributed by atoms with Crippen molar-refractivity contribution in [3.8, 4) is 0 Å². The summed E-state index contributed by atoms with van der Waals surface area (Å²) in [6, 6.07) is 4.04. The molecule has 0 unspecified atom stereocenters. The number of carbonyl (C=O) groups is 1. The first kappa shape index (κ1) is 13.9. The minimum Gasteiger partial charge on any atom is -0.398 e. The Morgan fingerprint density at radius 2 is 1.89 bits per heavy atom. The third-order valence-corrected chi connectivity index (χ3v) is 3.91. The van der Waals surface area contributed by atoms with Crippen LogP contribution in [-0.2, 0) is 0 Å². The predicted octanol–water partition coefficient (Wildman–Crippen LogP) is 1.71. The Balaban J connectivity index is 2.06. The first-order chi connectivity index (χ1) is 8.97. The van der Waals surface area contributed by atoms with Gasteiger partial charge in [-0.05, 0) is 64.0 Å². The number of carbonyl (C=O) groups excluding carboxylic acids is 1. The maximum Gasteiger partial charge on any atom is 0.251 e. The zero-order valence-electron chi connectivity index (χ0n) is 12.0. The van der Waals surface area contributed by atoms with Crippen LogP contribution in [0.15, 0.2) is 12.1 Å². The van der Waals surface area contributed by atoms with Crippen molar-refractivity contribution in [1.82, 2.24) is 10.2 Å². The van der Waals surface area contributed by atoms with Crippen molar-refractivity contribution in [1.29, 1.82) is 0 Å². The highest BCUT2D eigenvalue weighted by molar-refractivity contribution is 5.96. The molecular weight excluding hydrogens is 238 g/mol. The first-order valence-electron chi connectivity index (χ1n) is 6.83. The lowest BCUT2D eigenvalue weighted by molar-refractivity contribution is 0.0916. The van der Waals surface area contributed by atoms with Crippen LogP contribution in [0.25, 0.3) is 0 Å². The monoisotopic (exact) mass is 261 g/mol. The van der Waals surface area contributed by atoms with Gasteiger partial charge in [0.05, 0.1) is 0 Å². The van der Waals surface area contributed by atoms with Gasteiger partial charge in [0.2, 0.25) is 0 Å². The van der Waals surface area contributed by atoms with Crippen molar-refractivity contribution >= 4 is 11.6 Å². The molecule has 1 aromatic carbocycles. The zero-order chi connectivity index (χ0) is 14.0. The lowest BCUT2D eigenvalue weighted by Gasteiger charge is -2.29. The van der Waals surface area contributed by atoms with Crippen molar-refractivity contribution < 1.29 is 4.79 Å². The molecule has 0 spiro atoms. The Kier molecular flexibility index (Phi) is 4.10. The van der Waals surface area contributed by atoms with Crippen LogP contribution in [0.4, 0.5) is 5.69 Å². The van der Waals surface area contributed by atoms with E-state index in [0.717, 1.165) is 37.1 Å². The molecule has 1 amide bonds. The van der Waals surface area contributed by atoms with Crippen LogP contribution in [0, 0.1) is 13.8 Å². The van der Waals surface area contributed by atoms with Gasteiger partial charge in [-0.3, -0.25) is 4.79 Å². The van der Waals surface area contributed by atoms with Gasteiger partial charge in [-0.1, -0.05) is 6.07 Å². The zero-order valence-corrected chi connectivity index (χ0v) is 12.0. The number of nitrogens with one attached hydrogen (secondary N) is 1. The fourth-order valence-corrected chi connectivity index (χ4v) is 2.53. The van der Waals surface area contributed by atoms with E-state index in [1.165, 1.54) is 0 Å². The van der Waals surface area contributed by atoms with Crippen LogP contribution in [0.5, 0.6) is 0 Å². The number of rotatable bonds is 2. The lowest BCUT2D eigenvalue weighted by atomic mass is 10.0. The number of nitrogen functional groups attached to an aromatic ring is 1. The van der Waals surface area contributed by atoms with E-state index in [9.17, 15) is 4.79 Å². The fourth-order valence-electron chi connectivity index (χ4n) is 2.53.